The highest BCUT2D eigenvalue weighted by Gasteiger charge is 2.17. The van der Waals surface area contributed by atoms with Gasteiger partial charge in [-0.1, -0.05) is 23.2 Å². The summed E-state index contributed by atoms with van der Waals surface area (Å²) in [6.07, 6.45) is 3.08. The molecule has 0 bridgehead atoms. The first kappa shape index (κ1) is 11.2. The maximum absolute atomic E-state index is 13.2. The number of hydrogen-bond acceptors (Lipinski definition) is 1. The first-order chi connectivity index (χ1) is 7.16. The molecule has 1 heterocycles. The number of halogens is 3. The fourth-order valence-electron chi connectivity index (χ4n) is 1.92. The van der Waals surface area contributed by atoms with Crippen LogP contribution in [-0.2, 0) is 6.42 Å². The molecule has 0 aromatic heterocycles. The number of benzene rings is 1. The van der Waals surface area contributed by atoms with Gasteiger partial charge in [0.05, 0.1) is 5.02 Å². The molecule has 2 rings (SSSR count). The van der Waals surface area contributed by atoms with Crippen molar-refractivity contribution in [3.05, 3.63) is 33.6 Å². The van der Waals surface area contributed by atoms with Crippen molar-refractivity contribution < 1.29 is 4.39 Å². The maximum Gasteiger partial charge on any atom is 0.142 e. The van der Waals surface area contributed by atoms with Crippen LogP contribution in [0.2, 0.25) is 10.0 Å². The quantitative estimate of drug-likeness (QED) is 0.790. The molecule has 1 aliphatic rings. The molecule has 1 saturated heterocycles. The second kappa shape index (κ2) is 4.69. The molecule has 1 unspecified atom stereocenters. The van der Waals surface area contributed by atoms with Gasteiger partial charge in [-0.3, -0.25) is 0 Å². The lowest BCUT2D eigenvalue weighted by atomic mass is 10.0. The molecule has 0 saturated carbocycles. The molecule has 0 aliphatic carbocycles. The topological polar surface area (TPSA) is 12.0 Å². The van der Waals surface area contributed by atoms with E-state index in [1.807, 2.05) is 0 Å². The van der Waals surface area contributed by atoms with Crippen molar-refractivity contribution in [3.8, 4) is 0 Å². The fraction of sp³-hybridized carbons (Fsp3) is 0.455. The van der Waals surface area contributed by atoms with Crippen molar-refractivity contribution in [2.45, 2.75) is 25.3 Å². The Morgan fingerprint density at radius 2 is 2.13 bits per heavy atom. The van der Waals surface area contributed by atoms with E-state index in [4.69, 9.17) is 23.2 Å². The lowest BCUT2D eigenvalue weighted by Gasteiger charge is -2.11. The van der Waals surface area contributed by atoms with E-state index in [1.54, 1.807) is 0 Å². The van der Waals surface area contributed by atoms with E-state index in [2.05, 4.69) is 5.32 Å². The molecule has 1 N–H and O–H groups in total. The Kier molecular flexibility index (Phi) is 3.49. The third-order valence-electron chi connectivity index (χ3n) is 2.72. The van der Waals surface area contributed by atoms with Gasteiger partial charge in [-0.25, -0.2) is 4.39 Å². The van der Waals surface area contributed by atoms with Crippen LogP contribution in [-0.4, -0.2) is 12.6 Å². The fourth-order valence-corrected chi connectivity index (χ4v) is 2.38. The first-order valence-electron chi connectivity index (χ1n) is 5.03. The smallest absolute Gasteiger partial charge is 0.142 e. The van der Waals surface area contributed by atoms with Gasteiger partial charge >= 0.3 is 0 Å². The van der Waals surface area contributed by atoms with E-state index in [1.165, 1.54) is 18.6 Å². The zero-order chi connectivity index (χ0) is 10.8. The van der Waals surface area contributed by atoms with Gasteiger partial charge in [-0.15, -0.1) is 0 Å². The summed E-state index contributed by atoms with van der Waals surface area (Å²) in [6, 6.07) is 3.33. The summed E-state index contributed by atoms with van der Waals surface area (Å²) in [5.41, 5.74) is 0.831. The minimum Gasteiger partial charge on any atom is -0.314 e. The summed E-state index contributed by atoms with van der Waals surface area (Å²) in [7, 11) is 0. The van der Waals surface area contributed by atoms with Gasteiger partial charge < -0.3 is 5.32 Å². The second-order valence-corrected chi connectivity index (χ2v) is 4.67. The molecule has 1 aliphatic heterocycles. The van der Waals surface area contributed by atoms with E-state index < -0.39 is 5.82 Å². The Balaban J connectivity index is 2.16. The van der Waals surface area contributed by atoms with Crippen LogP contribution < -0.4 is 5.32 Å². The molecule has 1 fully saturated rings. The standard InChI is InChI=1S/C11H12Cl2FN/c12-9-6-10(13)11(14)5-7(9)4-8-2-1-3-15-8/h5-6,8,15H,1-4H2. The maximum atomic E-state index is 13.2. The summed E-state index contributed by atoms with van der Waals surface area (Å²) in [5.74, 6) is -0.394. The van der Waals surface area contributed by atoms with Crippen LogP contribution in [0.4, 0.5) is 4.39 Å². The molecule has 0 radical (unpaired) electrons. The summed E-state index contributed by atoms with van der Waals surface area (Å²) < 4.78 is 13.2. The monoisotopic (exact) mass is 247 g/mol. The Morgan fingerprint density at radius 3 is 2.80 bits per heavy atom. The van der Waals surface area contributed by atoms with Crippen molar-refractivity contribution >= 4 is 23.2 Å². The van der Waals surface area contributed by atoms with Crippen molar-refractivity contribution in [2.24, 2.45) is 0 Å². The molecule has 1 nitrogen and oxygen atoms in total. The predicted octanol–water partition coefficient (Wildman–Crippen LogP) is 3.43. The molecule has 0 spiro atoms. The van der Waals surface area contributed by atoms with Gasteiger partial charge in [-0.2, -0.15) is 0 Å². The molecule has 1 aromatic carbocycles. The molecule has 4 heteroatoms. The van der Waals surface area contributed by atoms with Crippen LogP contribution in [0.25, 0.3) is 0 Å². The van der Waals surface area contributed by atoms with Gasteiger partial charge in [0.15, 0.2) is 0 Å². The molecular weight excluding hydrogens is 236 g/mol. The van der Waals surface area contributed by atoms with Crippen LogP contribution in [0.5, 0.6) is 0 Å². The lowest BCUT2D eigenvalue weighted by molar-refractivity contribution is 0.593. The predicted molar refractivity (Wildman–Crippen MR) is 61.1 cm³/mol. The third-order valence-corrected chi connectivity index (χ3v) is 3.36. The number of rotatable bonds is 2. The van der Waals surface area contributed by atoms with Gasteiger partial charge in [0.25, 0.3) is 0 Å². The van der Waals surface area contributed by atoms with Gasteiger partial charge in [-0.05, 0) is 43.5 Å². The van der Waals surface area contributed by atoms with Crippen molar-refractivity contribution in [1.82, 2.24) is 5.32 Å². The summed E-state index contributed by atoms with van der Waals surface area (Å²) in [4.78, 5) is 0. The van der Waals surface area contributed by atoms with E-state index >= 15 is 0 Å². The van der Waals surface area contributed by atoms with Gasteiger partial charge in [0, 0.05) is 11.1 Å². The Bertz CT molecular complexity index is 362. The minimum absolute atomic E-state index is 0.0862. The zero-order valence-corrected chi connectivity index (χ0v) is 9.71. The summed E-state index contributed by atoms with van der Waals surface area (Å²) in [5, 5.41) is 3.99. The number of nitrogens with one attached hydrogen (secondary N) is 1. The van der Waals surface area contributed by atoms with Crippen molar-refractivity contribution in [3.63, 3.8) is 0 Å². The second-order valence-electron chi connectivity index (χ2n) is 3.86. The largest absolute Gasteiger partial charge is 0.314 e. The van der Waals surface area contributed by atoms with Crippen LogP contribution >= 0.6 is 23.2 Å². The third kappa shape index (κ3) is 2.63. The van der Waals surface area contributed by atoms with Crippen LogP contribution in [0.15, 0.2) is 12.1 Å². The Hall–Kier alpha value is -0.310. The first-order valence-corrected chi connectivity index (χ1v) is 5.79. The summed E-state index contributed by atoms with van der Waals surface area (Å²) >= 11 is 11.6. The van der Waals surface area contributed by atoms with E-state index in [0.29, 0.717) is 11.1 Å². The van der Waals surface area contributed by atoms with Crippen molar-refractivity contribution in [1.29, 1.82) is 0 Å². The Labute approximate surface area is 98.6 Å². The molecule has 82 valence electrons. The minimum atomic E-state index is -0.394. The number of hydrogen-bond donors (Lipinski definition) is 1. The SMILES string of the molecule is Fc1cc(CC2CCCN2)c(Cl)cc1Cl. The molecule has 0 amide bonds. The normalized spacial score (nSPS) is 20.9. The average molecular weight is 248 g/mol. The van der Waals surface area contributed by atoms with E-state index in [-0.39, 0.29) is 5.02 Å². The van der Waals surface area contributed by atoms with Crippen LogP contribution in [0.1, 0.15) is 18.4 Å². The van der Waals surface area contributed by atoms with Crippen LogP contribution in [0.3, 0.4) is 0 Å². The highest BCUT2D eigenvalue weighted by molar-refractivity contribution is 6.35. The highest BCUT2D eigenvalue weighted by Crippen LogP contribution is 2.26. The average Bonchev–Trinajstić information content (AvgIpc) is 2.67. The van der Waals surface area contributed by atoms with Crippen molar-refractivity contribution in [2.75, 3.05) is 6.54 Å². The molecular formula is C11H12Cl2FN. The lowest BCUT2D eigenvalue weighted by Crippen LogP contribution is -2.23. The molecule has 1 aromatic rings. The summed E-state index contributed by atoms with van der Waals surface area (Å²) in [6.45, 7) is 1.04. The van der Waals surface area contributed by atoms with Gasteiger partial charge in [0.2, 0.25) is 0 Å². The van der Waals surface area contributed by atoms with E-state index in [0.717, 1.165) is 24.9 Å². The highest BCUT2D eigenvalue weighted by atomic mass is 35.5. The van der Waals surface area contributed by atoms with Crippen LogP contribution in [0, 0.1) is 5.82 Å². The molecule has 1 atom stereocenters. The zero-order valence-electron chi connectivity index (χ0n) is 8.19. The van der Waals surface area contributed by atoms with Gasteiger partial charge in [0.1, 0.15) is 5.82 Å². The Morgan fingerprint density at radius 1 is 1.33 bits per heavy atom. The molecule has 15 heavy (non-hydrogen) atoms. The van der Waals surface area contributed by atoms with E-state index in [9.17, 15) is 4.39 Å².